The number of hydrogen-bond donors (Lipinski definition) is 2. The van der Waals surface area contributed by atoms with Crippen LogP contribution in [0.25, 0.3) is 10.8 Å². The number of sulfonamides is 1. The molecule has 192 valence electrons. The van der Waals surface area contributed by atoms with E-state index in [0.717, 1.165) is 22.3 Å². The summed E-state index contributed by atoms with van der Waals surface area (Å²) in [6, 6.07) is 18.8. The maximum absolute atomic E-state index is 13.4. The molecule has 36 heavy (non-hydrogen) atoms. The molecule has 1 fully saturated rings. The van der Waals surface area contributed by atoms with Gasteiger partial charge in [-0.25, -0.2) is 17.9 Å². The molecule has 2 N–H and O–H groups in total. The lowest BCUT2D eigenvalue weighted by atomic mass is 10.0. The van der Waals surface area contributed by atoms with Crippen molar-refractivity contribution in [2.24, 2.45) is 0 Å². The minimum atomic E-state index is -3.74. The summed E-state index contributed by atoms with van der Waals surface area (Å²) in [5.41, 5.74) is 2.17. The third kappa shape index (κ3) is 6.16. The molecule has 1 saturated heterocycles. The Morgan fingerprint density at radius 2 is 1.67 bits per heavy atom. The number of benzene rings is 3. The van der Waals surface area contributed by atoms with Crippen LogP contribution >= 0.6 is 0 Å². The molecule has 0 atom stereocenters. The van der Waals surface area contributed by atoms with Crippen molar-refractivity contribution in [3.8, 4) is 5.75 Å². The van der Waals surface area contributed by atoms with E-state index in [4.69, 9.17) is 9.47 Å². The van der Waals surface area contributed by atoms with E-state index in [9.17, 15) is 13.2 Å². The Morgan fingerprint density at radius 3 is 2.33 bits per heavy atom. The number of rotatable bonds is 9. The van der Waals surface area contributed by atoms with Crippen LogP contribution in [0.4, 0.5) is 4.79 Å². The van der Waals surface area contributed by atoms with Gasteiger partial charge in [0.05, 0.1) is 18.6 Å². The second kappa shape index (κ2) is 11.7. The van der Waals surface area contributed by atoms with Gasteiger partial charge >= 0.3 is 6.09 Å². The van der Waals surface area contributed by atoms with Gasteiger partial charge in [0, 0.05) is 37.6 Å². The summed E-state index contributed by atoms with van der Waals surface area (Å²) in [6.07, 6.45) is 0.744. The molecule has 0 aliphatic carbocycles. The zero-order valence-electron chi connectivity index (χ0n) is 20.7. The number of ether oxygens (including phenoxy) is 2. The standard InChI is InChI=1S/C27H33N3O5S/c1-3-35-27(31)30-16-14-22(15-17-30)29-36(32,33)26-13-10-21(24-6-4-5-7-25(24)26)19-28-18-20-8-11-23(34-2)12-9-20/h4-13,22,28-29H,3,14-19H2,1-2H3. The van der Waals surface area contributed by atoms with Crippen molar-refractivity contribution in [3.63, 3.8) is 0 Å². The smallest absolute Gasteiger partial charge is 0.409 e. The summed E-state index contributed by atoms with van der Waals surface area (Å²) in [5.74, 6) is 0.819. The quantitative estimate of drug-likeness (QED) is 0.450. The molecule has 0 saturated carbocycles. The topological polar surface area (TPSA) is 97.0 Å². The first-order chi connectivity index (χ1) is 17.4. The van der Waals surface area contributed by atoms with Gasteiger partial charge in [-0.2, -0.15) is 0 Å². The first-order valence-electron chi connectivity index (χ1n) is 12.2. The number of amides is 1. The summed E-state index contributed by atoms with van der Waals surface area (Å²) in [4.78, 5) is 13.8. The highest BCUT2D eigenvalue weighted by Gasteiger charge is 2.28. The normalized spacial score (nSPS) is 14.7. The highest BCUT2D eigenvalue weighted by molar-refractivity contribution is 7.89. The minimum Gasteiger partial charge on any atom is -0.497 e. The van der Waals surface area contributed by atoms with Gasteiger partial charge in [-0.1, -0.05) is 42.5 Å². The average Bonchev–Trinajstić information content (AvgIpc) is 2.89. The predicted molar refractivity (Wildman–Crippen MR) is 139 cm³/mol. The molecule has 0 spiro atoms. The molecule has 0 unspecified atom stereocenters. The first kappa shape index (κ1) is 25.9. The Morgan fingerprint density at radius 1 is 0.972 bits per heavy atom. The number of likely N-dealkylation sites (tertiary alicyclic amines) is 1. The SMILES string of the molecule is CCOC(=O)N1CCC(NS(=O)(=O)c2ccc(CNCc3ccc(OC)cc3)c3ccccc23)CC1. The minimum absolute atomic E-state index is 0.231. The molecule has 9 heteroatoms. The van der Waals surface area contributed by atoms with Crippen molar-refractivity contribution in [3.05, 3.63) is 71.8 Å². The molecule has 1 heterocycles. The summed E-state index contributed by atoms with van der Waals surface area (Å²) >= 11 is 0. The average molecular weight is 512 g/mol. The number of nitrogens with zero attached hydrogens (tertiary/aromatic N) is 1. The number of nitrogens with one attached hydrogen (secondary N) is 2. The fraction of sp³-hybridized carbons (Fsp3) is 0.370. The third-order valence-electron chi connectivity index (χ3n) is 6.41. The Bertz CT molecular complexity index is 1290. The highest BCUT2D eigenvalue weighted by atomic mass is 32.2. The highest BCUT2D eigenvalue weighted by Crippen LogP contribution is 2.27. The van der Waals surface area contributed by atoms with E-state index >= 15 is 0 Å². The van der Waals surface area contributed by atoms with E-state index < -0.39 is 10.0 Å². The molecule has 8 nitrogen and oxygen atoms in total. The molecule has 1 aliphatic rings. The molecule has 0 bridgehead atoms. The van der Waals surface area contributed by atoms with E-state index in [1.54, 1.807) is 25.0 Å². The van der Waals surface area contributed by atoms with E-state index in [-0.39, 0.29) is 17.0 Å². The van der Waals surface area contributed by atoms with Crippen molar-refractivity contribution >= 4 is 26.9 Å². The second-order valence-electron chi connectivity index (χ2n) is 8.80. The fourth-order valence-electron chi connectivity index (χ4n) is 4.48. The van der Waals surface area contributed by atoms with Crippen LogP contribution in [0.3, 0.4) is 0 Å². The Hall–Kier alpha value is -3.14. The maximum Gasteiger partial charge on any atom is 0.409 e. The van der Waals surface area contributed by atoms with Crippen LogP contribution in [0, 0.1) is 0 Å². The van der Waals surface area contributed by atoms with Gasteiger partial charge in [0.15, 0.2) is 0 Å². The molecule has 0 aromatic heterocycles. The summed E-state index contributed by atoms with van der Waals surface area (Å²) in [5, 5.41) is 5.04. The van der Waals surface area contributed by atoms with Gasteiger partial charge in [0.2, 0.25) is 10.0 Å². The van der Waals surface area contributed by atoms with Gasteiger partial charge in [-0.15, -0.1) is 0 Å². The predicted octanol–water partition coefficient (Wildman–Crippen LogP) is 4.04. The lowest BCUT2D eigenvalue weighted by Gasteiger charge is -2.31. The zero-order valence-corrected chi connectivity index (χ0v) is 21.5. The number of carbonyl (C=O) groups is 1. The van der Waals surface area contributed by atoms with Crippen LogP contribution in [0.15, 0.2) is 65.6 Å². The van der Waals surface area contributed by atoms with E-state index in [0.29, 0.717) is 51.0 Å². The van der Waals surface area contributed by atoms with Crippen LogP contribution in [0.5, 0.6) is 5.75 Å². The number of hydrogen-bond acceptors (Lipinski definition) is 6. The molecule has 3 aromatic rings. The number of methoxy groups -OCH3 is 1. The van der Waals surface area contributed by atoms with Crippen molar-refractivity contribution in [2.75, 3.05) is 26.8 Å². The van der Waals surface area contributed by atoms with Crippen LogP contribution in [-0.4, -0.2) is 52.3 Å². The van der Waals surface area contributed by atoms with Gasteiger partial charge in [-0.3, -0.25) is 0 Å². The van der Waals surface area contributed by atoms with E-state index in [1.807, 2.05) is 54.6 Å². The molecular weight excluding hydrogens is 478 g/mol. The van der Waals surface area contributed by atoms with Gasteiger partial charge in [-0.05, 0) is 54.5 Å². The number of piperidine rings is 1. The van der Waals surface area contributed by atoms with E-state index in [2.05, 4.69) is 10.0 Å². The number of carbonyl (C=O) groups excluding carboxylic acids is 1. The Balaban J connectivity index is 1.44. The summed E-state index contributed by atoms with van der Waals surface area (Å²) in [6.45, 7) is 4.31. The molecule has 1 amide bonds. The van der Waals surface area contributed by atoms with Crippen molar-refractivity contribution < 1.29 is 22.7 Å². The van der Waals surface area contributed by atoms with Crippen molar-refractivity contribution in [1.82, 2.24) is 14.9 Å². The van der Waals surface area contributed by atoms with Crippen LogP contribution in [-0.2, 0) is 27.8 Å². The van der Waals surface area contributed by atoms with Crippen LogP contribution < -0.4 is 14.8 Å². The van der Waals surface area contributed by atoms with Crippen molar-refractivity contribution in [2.45, 2.75) is 43.8 Å². The monoisotopic (exact) mass is 511 g/mol. The van der Waals surface area contributed by atoms with Gasteiger partial charge in [0.25, 0.3) is 0 Å². The first-order valence-corrected chi connectivity index (χ1v) is 13.7. The molecule has 4 rings (SSSR count). The fourth-order valence-corrected chi connectivity index (χ4v) is 6.00. The van der Waals surface area contributed by atoms with E-state index in [1.165, 1.54) is 0 Å². The lowest BCUT2D eigenvalue weighted by molar-refractivity contribution is 0.0966. The largest absolute Gasteiger partial charge is 0.497 e. The van der Waals surface area contributed by atoms with Gasteiger partial charge < -0.3 is 19.7 Å². The Labute approximate surface area is 212 Å². The zero-order chi connectivity index (χ0) is 25.5. The second-order valence-corrected chi connectivity index (χ2v) is 10.5. The maximum atomic E-state index is 13.4. The van der Waals surface area contributed by atoms with Crippen LogP contribution in [0.2, 0.25) is 0 Å². The molecule has 0 radical (unpaired) electrons. The Kier molecular flexibility index (Phi) is 8.45. The number of fused-ring (bicyclic) bond motifs is 1. The molecule has 1 aliphatic heterocycles. The van der Waals surface area contributed by atoms with Crippen molar-refractivity contribution in [1.29, 1.82) is 0 Å². The summed E-state index contributed by atoms with van der Waals surface area (Å²) < 4.78 is 39.8. The summed E-state index contributed by atoms with van der Waals surface area (Å²) in [7, 11) is -2.09. The molecule has 3 aromatic carbocycles. The lowest BCUT2D eigenvalue weighted by Crippen LogP contribution is -2.46. The van der Waals surface area contributed by atoms with Gasteiger partial charge in [0.1, 0.15) is 5.75 Å². The van der Waals surface area contributed by atoms with Crippen LogP contribution in [0.1, 0.15) is 30.9 Å². The third-order valence-corrected chi connectivity index (χ3v) is 7.99. The molecular formula is C27H33N3O5S.